The molecule has 0 aliphatic carbocycles. The van der Waals surface area contributed by atoms with Crippen LogP contribution in [0.3, 0.4) is 0 Å². The Kier molecular flexibility index (Phi) is 2.51. The number of aryl methyl sites for hydroxylation is 1. The quantitative estimate of drug-likeness (QED) is 0.779. The summed E-state index contributed by atoms with van der Waals surface area (Å²) >= 11 is 7.06. The molecule has 0 aliphatic rings. The van der Waals surface area contributed by atoms with Crippen LogP contribution < -0.4 is 0 Å². The topological polar surface area (TPSA) is 67.3 Å². The Hall–Kier alpha value is -1.01. The van der Waals surface area contributed by atoms with Gasteiger partial charge in [0.25, 0.3) is 0 Å². The average Bonchev–Trinajstić information content (AvgIpc) is 2.70. The molecule has 0 unspecified atom stereocenters. The van der Waals surface area contributed by atoms with Gasteiger partial charge in [-0.3, -0.25) is 0 Å². The van der Waals surface area contributed by atoms with Crippen LogP contribution in [0.1, 0.15) is 5.01 Å². The van der Waals surface area contributed by atoms with Gasteiger partial charge in [0, 0.05) is 12.3 Å². The van der Waals surface area contributed by atoms with Crippen LogP contribution in [0.2, 0.25) is 0 Å². The van der Waals surface area contributed by atoms with Gasteiger partial charge in [-0.2, -0.15) is 15.4 Å². The zero-order valence-electron chi connectivity index (χ0n) is 6.57. The van der Waals surface area contributed by atoms with Crippen molar-refractivity contribution in [3.8, 4) is 10.7 Å². The van der Waals surface area contributed by atoms with Crippen molar-refractivity contribution in [2.24, 2.45) is 0 Å². The third-order valence-electron chi connectivity index (χ3n) is 1.41. The largest absolute Gasteiger partial charge is 0.197 e. The van der Waals surface area contributed by atoms with Crippen LogP contribution in [0.4, 0.5) is 0 Å². The summed E-state index contributed by atoms with van der Waals surface area (Å²) in [6.45, 7) is 0. The first kappa shape index (κ1) is 8.58. The van der Waals surface area contributed by atoms with E-state index in [2.05, 4.69) is 25.6 Å². The summed E-state index contributed by atoms with van der Waals surface area (Å²) < 4.78 is 0. The second-order valence-corrected chi connectivity index (χ2v) is 3.74. The van der Waals surface area contributed by atoms with Crippen molar-refractivity contribution in [2.45, 2.75) is 6.42 Å². The monoisotopic (exact) mass is 215 g/mol. The van der Waals surface area contributed by atoms with E-state index in [0.29, 0.717) is 5.88 Å². The first-order valence-electron chi connectivity index (χ1n) is 3.64. The highest BCUT2D eigenvalue weighted by Gasteiger charge is 2.07. The molecule has 2 aromatic heterocycles. The van der Waals surface area contributed by atoms with Crippen molar-refractivity contribution >= 4 is 22.9 Å². The number of hydrogen-bond donors (Lipinski definition) is 1. The van der Waals surface area contributed by atoms with Crippen LogP contribution in [-0.2, 0) is 6.42 Å². The molecule has 0 saturated heterocycles. The maximum absolute atomic E-state index is 5.57. The molecular formula is C6H6ClN5S. The normalized spacial score (nSPS) is 10.5. The lowest BCUT2D eigenvalue weighted by Gasteiger charge is -1.83. The molecule has 0 aliphatic heterocycles. The number of aromatic amines is 1. The highest BCUT2D eigenvalue weighted by Crippen LogP contribution is 2.20. The highest BCUT2D eigenvalue weighted by molar-refractivity contribution is 7.14. The molecule has 0 bridgehead atoms. The van der Waals surface area contributed by atoms with Crippen LogP contribution in [-0.4, -0.2) is 31.5 Å². The van der Waals surface area contributed by atoms with Gasteiger partial charge in [0.2, 0.25) is 0 Å². The van der Waals surface area contributed by atoms with Gasteiger partial charge in [0.05, 0.1) is 6.20 Å². The summed E-state index contributed by atoms with van der Waals surface area (Å²) in [4.78, 5) is 0. The summed E-state index contributed by atoms with van der Waals surface area (Å²) in [7, 11) is 0. The summed E-state index contributed by atoms with van der Waals surface area (Å²) in [6, 6.07) is 0. The lowest BCUT2D eigenvalue weighted by Crippen LogP contribution is -1.83. The maximum atomic E-state index is 5.57. The van der Waals surface area contributed by atoms with E-state index in [1.807, 2.05) is 0 Å². The Balaban J connectivity index is 2.23. The van der Waals surface area contributed by atoms with E-state index < -0.39 is 0 Å². The molecule has 1 N–H and O–H groups in total. The minimum atomic E-state index is 0.563. The summed E-state index contributed by atoms with van der Waals surface area (Å²) in [6.07, 6.45) is 2.36. The molecule has 0 fully saturated rings. The van der Waals surface area contributed by atoms with E-state index in [4.69, 9.17) is 11.6 Å². The minimum absolute atomic E-state index is 0.563. The van der Waals surface area contributed by atoms with Crippen molar-refractivity contribution in [1.82, 2.24) is 25.6 Å². The summed E-state index contributed by atoms with van der Waals surface area (Å²) in [5.41, 5.74) is 0.721. The summed E-state index contributed by atoms with van der Waals surface area (Å²) in [5, 5.41) is 19.7. The van der Waals surface area contributed by atoms with Gasteiger partial charge in [0.15, 0.2) is 5.01 Å². The first-order chi connectivity index (χ1) is 6.40. The van der Waals surface area contributed by atoms with Crippen LogP contribution in [0.25, 0.3) is 10.7 Å². The molecule has 0 amide bonds. The zero-order chi connectivity index (χ0) is 9.10. The van der Waals surface area contributed by atoms with Gasteiger partial charge in [-0.25, -0.2) is 0 Å². The first-order valence-corrected chi connectivity index (χ1v) is 4.99. The number of nitrogens with one attached hydrogen (secondary N) is 1. The fraction of sp³-hybridized carbons (Fsp3) is 0.333. The fourth-order valence-electron chi connectivity index (χ4n) is 0.844. The van der Waals surface area contributed by atoms with Crippen molar-refractivity contribution in [2.75, 3.05) is 5.88 Å². The van der Waals surface area contributed by atoms with E-state index in [0.717, 1.165) is 22.1 Å². The Morgan fingerprint density at radius 1 is 1.46 bits per heavy atom. The molecule has 2 heterocycles. The second kappa shape index (κ2) is 3.80. The third-order valence-corrected chi connectivity index (χ3v) is 2.60. The molecule has 0 spiro atoms. The number of H-pyrrole nitrogens is 1. The van der Waals surface area contributed by atoms with E-state index in [-0.39, 0.29) is 0 Å². The van der Waals surface area contributed by atoms with Gasteiger partial charge >= 0.3 is 0 Å². The predicted molar refractivity (Wildman–Crippen MR) is 49.7 cm³/mol. The van der Waals surface area contributed by atoms with Crippen LogP contribution in [0, 0.1) is 0 Å². The summed E-state index contributed by atoms with van der Waals surface area (Å²) in [5.74, 6) is 0.563. The fourth-order valence-corrected chi connectivity index (χ4v) is 1.93. The van der Waals surface area contributed by atoms with E-state index >= 15 is 0 Å². The standard InChI is InChI=1S/C6H6ClN5S/c7-2-1-5-10-11-6(13-5)4-3-8-12-9-4/h3H,1-2H2,(H,8,9,12). The van der Waals surface area contributed by atoms with E-state index in [1.165, 1.54) is 11.3 Å². The van der Waals surface area contributed by atoms with Gasteiger partial charge in [0.1, 0.15) is 10.7 Å². The number of rotatable bonds is 3. The van der Waals surface area contributed by atoms with Crippen molar-refractivity contribution in [1.29, 1.82) is 0 Å². The van der Waals surface area contributed by atoms with E-state index in [1.54, 1.807) is 6.20 Å². The van der Waals surface area contributed by atoms with Gasteiger partial charge in [-0.15, -0.1) is 21.8 Å². The molecular weight excluding hydrogens is 210 g/mol. The molecule has 2 aromatic rings. The Morgan fingerprint density at radius 2 is 2.38 bits per heavy atom. The van der Waals surface area contributed by atoms with E-state index in [9.17, 15) is 0 Å². The Bertz CT molecular complexity index is 370. The van der Waals surface area contributed by atoms with Crippen LogP contribution in [0.15, 0.2) is 6.20 Å². The Labute approximate surface area is 83.2 Å². The molecule has 0 atom stereocenters. The molecule has 5 nitrogen and oxygen atoms in total. The molecule has 13 heavy (non-hydrogen) atoms. The van der Waals surface area contributed by atoms with Crippen molar-refractivity contribution in [3.05, 3.63) is 11.2 Å². The van der Waals surface area contributed by atoms with Crippen LogP contribution >= 0.6 is 22.9 Å². The number of halogens is 1. The molecule has 7 heteroatoms. The molecule has 0 aromatic carbocycles. The number of alkyl halides is 1. The van der Waals surface area contributed by atoms with Crippen molar-refractivity contribution < 1.29 is 0 Å². The minimum Gasteiger partial charge on any atom is -0.197 e. The highest BCUT2D eigenvalue weighted by atomic mass is 35.5. The van der Waals surface area contributed by atoms with Gasteiger partial charge in [-0.1, -0.05) is 11.3 Å². The Morgan fingerprint density at radius 3 is 3.08 bits per heavy atom. The smallest absolute Gasteiger partial charge is 0.169 e. The lowest BCUT2D eigenvalue weighted by molar-refractivity contribution is 0.938. The molecule has 68 valence electrons. The van der Waals surface area contributed by atoms with Gasteiger partial charge < -0.3 is 0 Å². The number of aromatic nitrogens is 5. The number of hydrogen-bond acceptors (Lipinski definition) is 5. The molecule has 0 radical (unpaired) electrons. The molecule has 0 saturated carbocycles. The van der Waals surface area contributed by atoms with Gasteiger partial charge in [-0.05, 0) is 0 Å². The maximum Gasteiger partial charge on any atom is 0.169 e. The van der Waals surface area contributed by atoms with Crippen LogP contribution in [0.5, 0.6) is 0 Å². The lowest BCUT2D eigenvalue weighted by atomic mass is 10.5. The zero-order valence-corrected chi connectivity index (χ0v) is 8.14. The van der Waals surface area contributed by atoms with Crippen molar-refractivity contribution in [3.63, 3.8) is 0 Å². The third kappa shape index (κ3) is 1.84. The SMILES string of the molecule is ClCCc1nnc(-c2cn[nH]n2)s1. The average molecular weight is 216 g/mol. The second-order valence-electron chi connectivity index (χ2n) is 2.30. The predicted octanol–water partition coefficient (Wildman–Crippen LogP) is 1.10. The molecule has 2 rings (SSSR count). The number of nitrogens with zero attached hydrogens (tertiary/aromatic N) is 4.